The molecule has 3 rings (SSSR count). The van der Waals surface area contributed by atoms with Crippen LogP contribution in [0.3, 0.4) is 0 Å². The number of aryl methyl sites for hydroxylation is 3. The third-order valence-corrected chi connectivity index (χ3v) is 3.99. The molecule has 20 heavy (non-hydrogen) atoms. The van der Waals surface area contributed by atoms with Gasteiger partial charge in [-0.2, -0.15) is 10.2 Å². The molecular formula is C14H22N6. The first-order valence-electron chi connectivity index (χ1n) is 7.21. The second-order valence-electron chi connectivity index (χ2n) is 5.68. The van der Waals surface area contributed by atoms with Crippen LogP contribution in [0.5, 0.6) is 0 Å². The standard InChI is InChI=1S/C14H22N6/c1-11-16-12(2)20(17-11)10-14-5-4-6-19(14)9-13-7-15-18(3)8-13/h7-8,14H,4-6,9-10H2,1-3H3/t14-/m0/s1. The van der Waals surface area contributed by atoms with Gasteiger partial charge in [0.15, 0.2) is 0 Å². The summed E-state index contributed by atoms with van der Waals surface area (Å²) < 4.78 is 3.91. The molecule has 6 heteroatoms. The van der Waals surface area contributed by atoms with Crippen molar-refractivity contribution in [3.63, 3.8) is 0 Å². The summed E-state index contributed by atoms with van der Waals surface area (Å²) in [5.74, 6) is 1.87. The molecule has 0 amide bonds. The van der Waals surface area contributed by atoms with Crippen LogP contribution in [0.2, 0.25) is 0 Å². The third-order valence-electron chi connectivity index (χ3n) is 3.99. The molecule has 0 aromatic carbocycles. The average Bonchev–Trinajstić information content (AvgIpc) is 3.05. The molecule has 0 bridgehead atoms. The van der Waals surface area contributed by atoms with Crippen LogP contribution in [0.15, 0.2) is 12.4 Å². The highest BCUT2D eigenvalue weighted by Crippen LogP contribution is 2.21. The molecule has 0 radical (unpaired) electrons. The fourth-order valence-corrected chi connectivity index (χ4v) is 3.03. The van der Waals surface area contributed by atoms with E-state index in [1.807, 2.05) is 36.5 Å². The van der Waals surface area contributed by atoms with E-state index in [-0.39, 0.29) is 0 Å². The van der Waals surface area contributed by atoms with E-state index < -0.39 is 0 Å². The van der Waals surface area contributed by atoms with Crippen molar-refractivity contribution < 1.29 is 0 Å². The van der Waals surface area contributed by atoms with E-state index in [4.69, 9.17) is 0 Å². The SMILES string of the molecule is Cc1nc(C)n(C[C@@H]2CCCN2Cc2cnn(C)c2)n1. The minimum absolute atomic E-state index is 0.551. The van der Waals surface area contributed by atoms with Crippen molar-refractivity contribution in [2.45, 2.75) is 45.8 Å². The number of hydrogen-bond acceptors (Lipinski definition) is 4. The number of nitrogens with zero attached hydrogens (tertiary/aromatic N) is 6. The Morgan fingerprint density at radius 2 is 2.20 bits per heavy atom. The minimum Gasteiger partial charge on any atom is -0.294 e. The van der Waals surface area contributed by atoms with Crippen LogP contribution in [0.4, 0.5) is 0 Å². The Morgan fingerprint density at radius 1 is 1.35 bits per heavy atom. The van der Waals surface area contributed by atoms with Gasteiger partial charge in [0.2, 0.25) is 0 Å². The van der Waals surface area contributed by atoms with E-state index in [2.05, 4.69) is 26.3 Å². The van der Waals surface area contributed by atoms with Crippen LogP contribution < -0.4 is 0 Å². The van der Waals surface area contributed by atoms with Crippen LogP contribution in [0, 0.1) is 13.8 Å². The summed E-state index contributed by atoms with van der Waals surface area (Å²) in [5.41, 5.74) is 1.28. The molecule has 0 unspecified atom stereocenters. The molecule has 0 spiro atoms. The summed E-state index contributed by atoms with van der Waals surface area (Å²) in [6, 6.07) is 0.551. The highest BCUT2D eigenvalue weighted by atomic mass is 15.4. The summed E-state index contributed by atoms with van der Waals surface area (Å²) >= 11 is 0. The maximum Gasteiger partial charge on any atom is 0.147 e. The smallest absolute Gasteiger partial charge is 0.147 e. The summed E-state index contributed by atoms with van der Waals surface area (Å²) in [7, 11) is 1.96. The fraction of sp³-hybridized carbons (Fsp3) is 0.643. The van der Waals surface area contributed by atoms with Crippen molar-refractivity contribution in [1.29, 1.82) is 0 Å². The van der Waals surface area contributed by atoms with Gasteiger partial charge in [0.1, 0.15) is 11.6 Å². The lowest BCUT2D eigenvalue weighted by Crippen LogP contribution is -2.33. The van der Waals surface area contributed by atoms with Gasteiger partial charge in [-0.25, -0.2) is 9.67 Å². The molecule has 6 nitrogen and oxygen atoms in total. The molecule has 108 valence electrons. The van der Waals surface area contributed by atoms with E-state index in [0.717, 1.165) is 31.3 Å². The van der Waals surface area contributed by atoms with E-state index in [1.54, 1.807) is 0 Å². The molecule has 0 aliphatic carbocycles. The second-order valence-corrected chi connectivity index (χ2v) is 5.68. The van der Waals surface area contributed by atoms with Gasteiger partial charge in [0.05, 0.1) is 12.7 Å². The minimum atomic E-state index is 0.551. The van der Waals surface area contributed by atoms with Gasteiger partial charge in [0, 0.05) is 31.4 Å². The number of rotatable bonds is 4. The normalized spacial score (nSPS) is 19.9. The summed E-state index contributed by atoms with van der Waals surface area (Å²) in [6.45, 7) is 7.05. The van der Waals surface area contributed by atoms with E-state index in [0.29, 0.717) is 6.04 Å². The van der Waals surface area contributed by atoms with Crippen LogP contribution in [0.25, 0.3) is 0 Å². The lowest BCUT2D eigenvalue weighted by Gasteiger charge is -2.24. The van der Waals surface area contributed by atoms with Crippen LogP contribution in [0.1, 0.15) is 30.1 Å². The second kappa shape index (κ2) is 5.36. The predicted molar refractivity (Wildman–Crippen MR) is 76.1 cm³/mol. The van der Waals surface area contributed by atoms with Crippen molar-refractivity contribution in [2.75, 3.05) is 6.54 Å². The monoisotopic (exact) mass is 274 g/mol. The molecule has 1 fully saturated rings. The Balaban J connectivity index is 1.67. The fourth-order valence-electron chi connectivity index (χ4n) is 3.03. The van der Waals surface area contributed by atoms with E-state index in [9.17, 15) is 0 Å². The lowest BCUT2D eigenvalue weighted by atomic mass is 10.2. The molecule has 0 saturated carbocycles. The molecule has 3 heterocycles. The predicted octanol–water partition coefficient (Wildman–Crippen LogP) is 1.29. The van der Waals surface area contributed by atoms with Crippen LogP contribution in [-0.2, 0) is 20.1 Å². The van der Waals surface area contributed by atoms with E-state index in [1.165, 1.54) is 18.4 Å². The van der Waals surface area contributed by atoms with Crippen molar-refractivity contribution in [3.8, 4) is 0 Å². The molecule has 1 atom stereocenters. The maximum absolute atomic E-state index is 4.48. The molecule has 1 aliphatic heterocycles. The molecular weight excluding hydrogens is 252 g/mol. The van der Waals surface area contributed by atoms with Crippen molar-refractivity contribution in [2.24, 2.45) is 7.05 Å². The Kier molecular flexibility index (Phi) is 3.56. The third kappa shape index (κ3) is 2.75. The van der Waals surface area contributed by atoms with Crippen molar-refractivity contribution in [1.82, 2.24) is 29.4 Å². The van der Waals surface area contributed by atoms with Crippen LogP contribution >= 0.6 is 0 Å². The zero-order valence-electron chi connectivity index (χ0n) is 12.5. The van der Waals surface area contributed by atoms with Gasteiger partial charge in [-0.1, -0.05) is 0 Å². The quantitative estimate of drug-likeness (QED) is 0.843. The number of aromatic nitrogens is 5. The number of likely N-dealkylation sites (tertiary alicyclic amines) is 1. The maximum atomic E-state index is 4.48. The largest absolute Gasteiger partial charge is 0.294 e. The zero-order chi connectivity index (χ0) is 14.1. The summed E-state index contributed by atoms with van der Waals surface area (Å²) in [5, 5.41) is 8.73. The molecule has 1 aliphatic rings. The lowest BCUT2D eigenvalue weighted by molar-refractivity contribution is 0.218. The average molecular weight is 274 g/mol. The van der Waals surface area contributed by atoms with Gasteiger partial charge in [0.25, 0.3) is 0 Å². The van der Waals surface area contributed by atoms with Gasteiger partial charge < -0.3 is 0 Å². The van der Waals surface area contributed by atoms with Crippen molar-refractivity contribution in [3.05, 3.63) is 29.6 Å². The first-order valence-corrected chi connectivity index (χ1v) is 7.21. The Bertz CT molecular complexity index is 584. The number of hydrogen-bond donors (Lipinski definition) is 0. The Morgan fingerprint density at radius 3 is 2.85 bits per heavy atom. The zero-order valence-corrected chi connectivity index (χ0v) is 12.5. The van der Waals surface area contributed by atoms with Gasteiger partial charge in [-0.15, -0.1) is 0 Å². The highest BCUT2D eigenvalue weighted by Gasteiger charge is 2.26. The van der Waals surface area contributed by atoms with E-state index >= 15 is 0 Å². The van der Waals surface area contributed by atoms with Gasteiger partial charge in [-0.05, 0) is 33.2 Å². The highest BCUT2D eigenvalue weighted by molar-refractivity contribution is 5.04. The summed E-state index contributed by atoms with van der Waals surface area (Å²) in [4.78, 5) is 6.92. The Labute approximate surface area is 119 Å². The first kappa shape index (κ1) is 13.3. The molecule has 2 aromatic rings. The van der Waals surface area contributed by atoms with Crippen molar-refractivity contribution >= 4 is 0 Å². The first-order chi connectivity index (χ1) is 9.61. The Hall–Kier alpha value is -1.69. The topological polar surface area (TPSA) is 51.8 Å². The van der Waals surface area contributed by atoms with Gasteiger partial charge in [-0.3, -0.25) is 9.58 Å². The summed E-state index contributed by atoms with van der Waals surface area (Å²) in [6.07, 6.45) is 6.55. The molecule has 0 N–H and O–H groups in total. The van der Waals surface area contributed by atoms with Gasteiger partial charge >= 0.3 is 0 Å². The molecule has 2 aromatic heterocycles. The van der Waals surface area contributed by atoms with Crippen LogP contribution in [-0.4, -0.2) is 42.0 Å². The molecule has 1 saturated heterocycles.